The van der Waals surface area contributed by atoms with Crippen LogP contribution >= 0.6 is 11.6 Å². The van der Waals surface area contributed by atoms with Crippen molar-refractivity contribution in [3.63, 3.8) is 0 Å². The van der Waals surface area contributed by atoms with Crippen molar-refractivity contribution in [2.45, 2.75) is 39.0 Å². The second-order valence-electron chi connectivity index (χ2n) is 5.76. The second-order valence-corrected chi connectivity index (χ2v) is 6.19. The SMILES string of the molecule is CCNCC1CCC(C)CC1c1ccc(Cl)cc1F. The van der Waals surface area contributed by atoms with E-state index in [9.17, 15) is 4.39 Å². The van der Waals surface area contributed by atoms with Crippen LogP contribution in [-0.2, 0) is 0 Å². The predicted octanol–water partition coefficient (Wildman–Crippen LogP) is 4.61. The molecule has 1 N–H and O–H groups in total. The lowest BCUT2D eigenvalue weighted by Gasteiger charge is -2.35. The Hall–Kier alpha value is -0.600. The van der Waals surface area contributed by atoms with Crippen LogP contribution in [0.25, 0.3) is 0 Å². The van der Waals surface area contributed by atoms with Gasteiger partial charge in [0.05, 0.1) is 0 Å². The standard InChI is InChI=1S/C16H23ClFN/c1-3-19-10-12-5-4-11(2)8-15(12)14-7-6-13(17)9-16(14)18/h6-7,9,11-12,15,19H,3-5,8,10H2,1-2H3. The minimum atomic E-state index is -0.145. The maximum Gasteiger partial charge on any atom is 0.128 e. The number of rotatable bonds is 4. The Morgan fingerprint density at radius 2 is 2.16 bits per heavy atom. The molecule has 1 saturated carbocycles. The Labute approximate surface area is 120 Å². The zero-order chi connectivity index (χ0) is 13.8. The summed E-state index contributed by atoms with van der Waals surface area (Å²) in [5.74, 6) is 1.39. The van der Waals surface area contributed by atoms with E-state index in [1.54, 1.807) is 0 Å². The van der Waals surface area contributed by atoms with Gasteiger partial charge in [0.25, 0.3) is 0 Å². The fourth-order valence-corrected chi connectivity index (χ4v) is 3.36. The molecular formula is C16H23ClFN. The van der Waals surface area contributed by atoms with Crippen LogP contribution in [0, 0.1) is 17.7 Å². The van der Waals surface area contributed by atoms with Crippen molar-refractivity contribution in [3.8, 4) is 0 Å². The van der Waals surface area contributed by atoms with Crippen LogP contribution in [0.2, 0.25) is 5.02 Å². The summed E-state index contributed by atoms with van der Waals surface area (Å²) in [7, 11) is 0. The number of nitrogens with one attached hydrogen (secondary N) is 1. The van der Waals surface area contributed by atoms with Crippen LogP contribution in [0.15, 0.2) is 18.2 Å². The van der Waals surface area contributed by atoms with Crippen LogP contribution in [0.1, 0.15) is 44.6 Å². The molecule has 1 aliphatic rings. The molecule has 3 atom stereocenters. The molecule has 19 heavy (non-hydrogen) atoms. The van der Waals surface area contributed by atoms with E-state index in [2.05, 4.69) is 19.2 Å². The highest BCUT2D eigenvalue weighted by Gasteiger charge is 2.31. The molecule has 0 amide bonds. The van der Waals surface area contributed by atoms with Gasteiger partial charge in [-0.25, -0.2) is 4.39 Å². The lowest BCUT2D eigenvalue weighted by Crippen LogP contribution is -2.31. The van der Waals surface area contributed by atoms with Crippen molar-refractivity contribution in [2.24, 2.45) is 11.8 Å². The Morgan fingerprint density at radius 1 is 1.37 bits per heavy atom. The molecule has 2 rings (SSSR count). The molecule has 0 aliphatic heterocycles. The van der Waals surface area contributed by atoms with Crippen molar-refractivity contribution in [2.75, 3.05) is 13.1 Å². The van der Waals surface area contributed by atoms with E-state index in [1.165, 1.54) is 18.9 Å². The van der Waals surface area contributed by atoms with Crippen molar-refractivity contribution in [3.05, 3.63) is 34.6 Å². The summed E-state index contributed by atoms with van der Waals surface area (Å²) in [6.45, 7) is 6.34. The van der Waals surface area contributed by atoms with E-state index in [-0.39, 0.29) is 5.82 Å². The van der Waals surface area contributed by atoms with E-state index in [4.69, 9.17) is 11.6 Å². The number of hydrogen-bond donors (Lipinski definition) is 1. The topological polar surface area (TPSA) is 12.0 Å². The van der Waals surface area contributed by atoms with Gasteiger partial charge >= 0.3 is 0 Å². The first kappa shape index (κ1) is 14.8. The van der Waals surface area contributed by atoms with Gasteiger partial charge in [0.2, 0.25) is 0 Å². The molecule has 106 valence electrons. The molecule has 0 heterocycles. The summed E-state index contributed by atoms with van der Waals surface area (Å²) in [4.78, 5) is 0. The van der Waals surface area contributed by atoms with E-state index in [1.807, 2.05) is 12.1 Å². The summed E-state index contributed by atoms with van der Waals surface area (Å²) in [6, 6.07) is 5.13. The largest absolute Gasteiger partial charge is 0.317 e. The molecule has 0 saturated heterocycles. The maximum absolute atomic E-state index is 14.2. The normalized spacial score (nSPS) is 27.5. The first-order valence-electron chi connectivity index (χ1n) is 7.27. The zero-order valence-electron chi connectivity index (χ0n) is 11.8. The Bertz CT molecular complexity index is 419. The fraction of sp³-hybridized carbons (Fsp3) is 0.625. The molecule has 3 heteroatoms. The van der Waals surface area contributed by atoms with Crippen molar-refractivity contribution in [1.29, 1.82) is 0 Å². The first-order chi connectivity index (χ1) is 9.11. The van der Waals surface area contributed by atoms with Crippen LogP contribution in [0.3, 0.4) is 0 Å². The molecule has 1 aromatic carbocycles. The molecule has 1 nitrogen and oxygen atoms in total. The highest BCUT2D eigenvalue weighted by molar-refractivity contribution is 6.30. The van der Waals surface area contributed by atoms with Gasteiger partial charge in [-0.15, -0.1) is 0 Å². The van der Waals surface area contributed by atoms with Crippen molar-refractivity contribution >= 4 is 11.6 Å². The van der Waals surface area contributed by atoms with Gasteiger partial charge in [-0.1, -0.05) is 37.9 Å². The van der Waals surface area contributed by atoms with Crippen LogP contribution in [0.4, 0.5) is 4.39 Å². The molecule has 0 spiro atoms. The molecule has 1 aromatic rings. The van der Waals surface area contributed by atoms with Crippen LogP contribution in [0.5, 0.6) is 0 Å². The highest BCUT2D eigenvalue weighted by Crippen LogP contribution is 2.41. The average Bonchev–Trinajstić information content (AvgIpc) is 2.37. The number of hydrogen-bond acceptors (Lipinski definition) is 1. The molecule has 1 fully saturated rings. The monoisotopic (exact) mass is 283 g/mol. The number of benzene rings is 1. The fourth-order valence-electron chi connectivity index (χ4n) is 3.20. The Morgan fingerprint density at radius 3 is 2.84 bits per heavy atom. The third-order valence-corrected chi connectivity index (χ3v) is 4.51. The van der Waals surface area contributed by atoms with E-state index >= 15 is 0 Å². The van der Waals surface area contributed by atoms with Gasteiger partial charge < -0.3 is 5.32 Å². The third-order valence-electron chi connectivity index (χ3n) is 4.27. The molecule has 0 radical (unpaired) electrons. The van der Waals surface area contributed by atoms with Gasteiger partial charge in [-0.2, -0.15) is 0 Å². The molecule has 0 bridgehead atoms. The second kappa shape index (κ2) is 6.71. The minimum absolute atomic E-state index is 0.145. The van der Waals surface area contributed by atoms with Gasteiger partial charge in [0.15, 0.2) is 0 Å². The summed E-state index contributed by atoms with van der Waals surface area (Å²) in [5, 5.41) is 3.89. The van der Waals surface area contributed by atoms with Crippen molar-refractivity contribution in [1.82, 2.24) is 5.32 Å². The third kappa shape index (κ3) is 3.70. The summed E-state index contributed by atoms with van der Waals surface area (Å²) in [5.41, 5.74) is 0.846. The smallest absolute Gasteiger partial charge is 0.128 e. The minimum Gasteiger partial charge on any atom is -0.317 e. The molecule has 3 unspecified atom stereocenters. The highest BCUT2D eigenvalue weighted by atomic mass is 35.5. The van der Waals surface area contributed by atoms with E-state index < -0.39 is 0 Å². The Balaban J connectivity index is 2.20. The van der Waals surface area contributed by atoms with Gasteiger partial charge in [-0.3, -0.25) is 0 Å². The molecule has 0 aromatic heterocycles. The first-order valence-corrected chi connectivity index (χ1v) is 7.65. The zero-order valence-corrected chi connectivity index (χ0v) is 12.5. The predicted molar refractivity (Wildman–Crippen MR) is 79.2 cm³/mol. The lowest BCUT2D eigenvalue weighted by atomic mass is 9.71. The van der Waals surface area contributed by atoms with Gasteiger partial charge in [-0.05, 0) is 61.4 Å². The molecule has 1 aliphatic carbocycles. The maximum atomic E-state index is 14.2. The van der Waals surface area contributed by atoms with Crippen molar-refractivity contribution < 1.29 is 4.39 Å². The summed E-state index contributed by atoms with van der Waals surface area (Å²) >= 11 is 5.85. The van der Waals surface area contributed by atoms with Crippen LogP contribution < -0.4 is 5.32 Å². The lowest BCUT2D eigenvalue weighted by molar-refractivity contribution is 0.239. The average molecular weight is 284 g/mol. The number of halogens is 2. The van der Waals surface area contributed by atoms with Gasteiger partial charge in [0, 0.05) is 5.02 Å². The Kier molecular flexibility index (Phi) is 5.23. The summed E-state index contributed by atoms with van der Waals surface area (Å²) in [6.07, 6.45) is 3.51. The molecular weight excluding hydrogens is 261 g/mol. The van der Waals surface area contributed by atoms with E-state index in [0.29, 0.717) is 22.8 Å². The summed E-state index contributed by atoms with van der Waals surface area (Å²) < 4.78 is 14.2. The quantitative estimate of drug-likeness (QED) is 0.851. The van der Waals surface area contributed by atoms with E-state index in [0.717, 1.165) is 25.1 Å². The van der Waals surface area contributed by atoms with Crippen LogP contribution in [-0.4, -0.2) is 13.1 Å². The van der Waals surface area contributed by atoms with Gasteiger partial charge in [0.1, 0.15) is 5.82 Å².